The maximum absolute atomic E-state index is 12.3. The summed E-state index contributed by atoms with van der Waals surface area (Å²) in [5, 5.41) is 11.9. The second kappa shape index (κ2) is 5.25. The second-order valence-electron chi connectivity index (χ2n) is 5.47. The van der Waals surface area contributed by atoms with E-state index in [0.717, 1.165) is 12.8 Å². The number of aliphatic carboxylic acids is 1. The Labute approximate surface area is 116 Å². The minimum Gasteiger partial charge on any atom is -0.481 e. The summed E-state index contributed by atoms with van der Waals surface area (Å²) in [5.41, 5.74) is 2.43. The van der Waals surface area contributed by atoms with Crippen molar-refractivity contribution in [3.8, 4) is 0 Å². The number of carbonyl (C=O) groups excluding carboxylic acids is 1. The van der Waals surface area contributed by atoms with Gasteiger partial charge in [0.15, 0.2) is 0 Å². The van der Waals surface area contributed by atoms with Crippen molar-refractivity contribution in [3.05, 3.63) is 35.4 Å². The van der Waals surface area contributed by atoms with Crippen molar-refractivity contribution in [2.75, 3.05) is 13.2 Å². The molecule has 1 aliphatic heterocycles. The van der Waals surface area contributed by atoms with Crippen LogP contribution in [-0.4, -0.2) is 36.2 Å². The first-order valence-electron chi connectivity index (χ1n) is 6.83. The molecule has 0 spiro atoms. The summed E-state index contributed by atoms with van der Waals surface area (Å²) in [6, 6.07) is 7.63. The highest BCUT2D eigenvalue weighted by molar-refractivity contribution is 5.82. The zero-order valence-electron chi connectivity index (χ0n) is 11.0. The number of carboxylic acid groups (broad SMARTS) is 1. The van der Waals surface area contributed by atoms with Crippen molar-refractivity contribution in [1.29, 1.82) is 0 Å². The third kappa shape index (κ3) is 2.41. The Balaban J connectivity index is 1.63. The Morgan fingerprint density at radius 1 is 1.15 bits per heavy atom. The van der Waals surface area contributed by atoms with Gasteiger partial charge in [-0.15, -0.1) is 0 Å². The van der Waals surface area contributed by atoms with Gasteiger partial charge < -0.3 is 15.2 Å². The zero-order chi connectivity index (χ0) is 14.1. The summed E-state index contributed by atoms with van der Waals surface area (Å²) in [6.07, 6.45) is 1.46. The summed E-state index contributed by atoms with van der Waals surface area (Å²) in [4.78, 5) is 23.3. The van der Waals surface area contributed by atoms with E-state index in [1.165, 1.54) is 11.1 Å². The lowest BCUT2D eigenvalue weighted by Crippen LogP contribution is -2.45. The van der Waals surface area contributed by atoms with Crippen LogP contribution in [0, 0.1) is 11.8 Å². The van der Waals surface area contributed by atoms with Gasteiger partial charge in [-0.1, -0.05) is 24.3 Å². The smallest absolute Gasteiger partial charge is 0.311 e. The molecule has 1 amide bonds. The number of hydrogen-bond acceptors (Lipinski definition) is 3. The minimum absolute atomic E-state index is 0.0667. The fraction of sp³-hybridized carbons (Fsp3) is 0.467. The van der Waals surface area contributed by atoms with Crippen LogP contribution < -0.4 is 5.32 Å². The van der Waals surface area contributed by atoms with E-state index < -0.39 is 17.9 Å². The number of nitrogens with one attached hydrogen (secondary N) is 1. The molecule has 2 unspecified atom stereocenters. The largest absolute Gasteiger partial charge is 0.481 e. The molecular weight excluding hydrogens is 258 g/mol. The van der Waals surface area contributed by atoms with Crippen LogP contribution in [0.1, 0.15) is 11.1 Å². The minimum atomic E-state index is -0.914. The van der Waals surface area contributed by atoms with Crippen LogP contribution >= 0.6 is 0 Å². The van der Waals surface area contributed by atoms with Gasteiger partial charge in [-0.2, -0.15) is 0 Å². The lowest BCUT2D eigenvalue weighted by atomic mass is 10.0. The number of amides is 1. The average molecular weight is 275 g/mol. The first kappa shape index (κ1) is 13.1. The van der Waals surface area contributed by atoms with E-state index in [1.807, 2.05) is 24.3 Å². The number of benzene rings is 1. The van der Waals surface area contributed by atoms with E-state index in [2.05, 4.69) is 5.32 Å². The highest BCUT2D eigenvalue weighted by Crippen LogP contribution is 2.27. The van der Waals surface area contributed by atoms with E-state index >= 15 is 0 Å². The molecule has 1 aromatic rings. The van der Waals surface area contributed by atoms with E-state index in [1.54, 1.807) is 0 Å². The number of fused-ring (bicyclic) bond motifs is 1. The Hall–Kier alpha value is -1.88. The number of rotatable bonds is 3. The molecule has 0 saturated carbocycles. The highest BCUT2D eigenvalue weighted by Gasteiger charge is 2.37. The number of carbonyl (C=O) groups is 2. The van der Waals surface area contributed by atoms with Gasteiger partial charge in [0.1, 0.15) is 5.92 Å². The van der Waals surface area contributed by atoms with E-state index in [9.17, 15) is 9.59 Å². The topological polar surface area (TPSA) is 75.6 Å². The molecule has 3 rings (SSSR count). The molecule has 106 valence electrons. The Kier molecular flexibility index (Phi) is 3.44. The quantitative estimate of drug-likeness (QED) is 0.848. The van der Waals surface area contributed by atoms with Gasteiger partial charge in [-0.05, 0) is 24.0 Å². The molecule has 0 bridgehead atoms. The summed E-state index contributed by atoms with van der Waals surface area (Å²) < 4.78 is 5.16. The van der Waals surface area contributed by atoms with Gasteiger partial charge in [-0.3, -0.25) is 9.59 Å². The molecular formula is C15H17NO4. The molecule has 2 aliphatic rings. The van der Waals surface area contributed by atoms with Crippen molar-refractivity contribution in [2.24, 2.45) is 11.8 Å². The fourth-order valence-electron chi connectivity index (χ4n) is 2.98. The Morgan fingerprint density at radius 3 is 2.40 bits per heavy atom. The first-order valence-corrected chi connectivity index (χ1v) is 6.83. The van der Waals surface area contributed by atoms with Gasteiger partial charge in [0, 0.05) is 5.92 Å². The Bertz CT molecular complexity index is 517. The Morgan fingerprint density at radius 2 is 1.80 bits per heavy atom. The average Bonchev–Trinajstić information content (AvgIpc) is 3.03. The number of ether oxygens (including phenoxy) is 1. The zero-order valence-corrected chi connectivity index (χ0v) is 11.0. The summed E-state index contributed by atoms with van der Waals surface area (Å²) >= 11 is 0. The van der Waals surface area contributed by atoms with Crippen molar-refractivity contribution < 1.29 is 19.4 Å². The lowest BCUT2D eigenvalue weighted by molar-refractivity contribution is -0.142. The molecule has 1 heterocycles. The molecule has 0 aromatic heterocycles. The monoisotopic (exact) mass is 275 g/mol. The van der Waals surface area contributed by atoms with Crippen LogP contribution in [0.25, 0.3) is 0 Å². The molecule has 1 aliphatic carbocycles. The van der Waals surface area contributed by atoms with Gasteiger partial charge >= 0.3 is 5.97 Å². The van der Waals surface area contributed by atoms with Gasteiger partial charge in [0.05, 0.1) is 19.3 Å². The third-order valence-electron chi connectivity index (χ3n) is 4.15. The van der Waals surface area contributed by atoms with E-state index in [0.29, 0.717) is 0 Å². The lowest BCUT2D eigenvalue weighted by Gasteiger charge is -2.18. The molecule has 1 fully saturated rings. The van der Waals surface area contributed by atoms with E-state index in [-0.39, 0.29) is 25.0 Å². The van der Waals surface area contributed by atoms with Crippen LogP contribution in [0.4, 0.5) is 0 Å². The molecule has 20 heavy (non-hydrogen) atoms. The van der Waals surface area contributed by atoms with Crippen LogP contribution in [0.2, 0.25) is 0 Å². The predicted octanol–water partition coefficient (Wildman–Crippen LogP) is 0.617. The van der Waals surface area contributed by atoms with Crippen LogP contribution in [-0.2, 0) is 27.2 Å². The van der Waals surface area contributed by atoms with Crippen LogP contribution in [0.3, 0.4) is 0 Å². The second-order valence-corrected chi connectivity index (χ2v) is 5.47. The van der Waals surface area contributed by atoms with Crippen molar-refractivity contribution in [3.63, 3.8) is 0 Å². The molecule has 5 nitrogen and oxygen atoms in total. The molecule has 0 radical (unpaired) electrons. The van der Waals surface area contributed by atoms with Gasteiger partial charge in [-0.25, -0.2) is 0 Å². The predicted molar refractivity (Wildman–Crippen MR) is 71.2 cm³/mol. The normalized spacial score (nSPS) is 25.4. The maximum atomic E-state index is 12.3. The standard InChI is InChI=1S/C15H17NO4/c17-14(16-13-8-20-7-12(13)15(18)19)11-5-9-3-1-2-4-10(9)6-11/h1-4,11-13H,5-8H2,(H,16,17)(H,18,19). The number of carboxylic acids is 1. The highest BCUT2D eigenvalue weighted by atomic mass is 16.5. The maximum Gasteiger partial charge on any atom is 0.311 e. The van der Waals surface area contributed by atoms with E-state index in [4.69, 9.17) is 9.84 Å². The molecule has 1 aromatic carbocycles. The van der Waals surface area contributed by atoms with Crippen LogP contribution in [0.15, 0.2) is 24.3 Å². The third-order valence-corrected chi connectivity index (χ3v) is 4.15. The molecule has 1 saturated heterocycles. The van der Waals surface area contributed by atoms with Crippen molar-refractivity contribution in [1.82, 2.24) is 5.32 Å². The number of hydrogen-bond donors (Lipinski definition) is 2. The molecule has 2 N–H and O–H groups in total. The summed E-state index contributed by atoms with van der Waals surface area (Å²) in [5.74, 6) is -1.71. The molecule has 2 atom stereocenters. The summed E-state index contributed by atoms with van der Waals surface area (Å²) in [7, 11) is 0. The van der Waals surface area contributed by atoms with Crippen molar-refractivity contribution in [2.45, 2.75) is 18.9 Å². The SMILES string of the molecule is O=C(NC1COCC1C(=O)O)C1Cc2ccccc2C1. The van der Waals surface area contributed by atoms with Crippen molar-refractivity contribution >= 4 is 11.9 Å². The van der Waals surface area contributed by atoms with Gasteiger partial charge in [0.2, 0.25) is 5.91 Å². The fourth-order valence-corrected chi connectivity index (χ4v) is 2.98. The summed E-state index contributed by atoms with van der Waals surface area (Å²) in [6.45, 7) is 0.452. The van der Waals surface area contributed by atoms with Gasteiger partial charge in [0.25, 0.3) is 0 Å². The molecule has 5 heteroatoms. The first-order chi connectivity index (χ1) is 9.65. The van der Waals surface area contributed by atoms with Crippen LogP contribution in [0.5, 0.6) is 0 Å².